The molecular weight excluding hydrogens is 379 g/mol. The monoisotopic (exact) mass is 398 g/mol. The van der Waals surface area contributed by atoms with E-state index >= 15 is 0 Å². The van der Waals surface area contributed by atoms with E-state index in [2.05, 4.69) is 4.90 Å². The third kappa shape index (κ3) is 4.54. The van der Waals surface area contributed by atoms with Gasteiger partial charge in [-0.3, -0.25) is 4.90 Å². The average molecular weight is 399 g/mol. The average Bonchev–Trinajstić information content (AvgIpc) is 2.64. The molecule has 3 rings (SSSR count). The fraction of sp³-hybridized carbons (Fsp3) is 0.333. The summed E-state index contributed by atoms with van der Waals surface area (Å²) < 4.78 is 45.8. The van der Waals surface area contributed by atoms with E-state index in [1.54, 1.807) is 36.4 Å². The molecule has 0 spiro atoms. The Morgan fingerprint density at radius 2 is 1.77 bits per heavy atom. The first-order valence-corrected chi connectivity index (χ1v) is 10.1. The molecule has 0 radical (unpaired) electrons. The van der Waals surface area contributed by atoms with E-state index in [9.17, 15) is 12.8 Å². The highest BCUT2D eigenvalue weighted by Gasteiger charge is 2.28. The lowest BCUT2D eigenvalue weighted by atomic mass is 10.3. The lowest BCUT2D eigenvalue weighted by Crippen LogP contribution is -2.49. The molecule has 8 heteroatoms. The van der Waals surface area contributed by atoms with Crippen molar-refractivity contribution in [1.29, 1.82) is 0 Å². The Balaban J connectivity index is 1.50. The molecule has 1 saturated heterocycles. The van der Waals surface area contributed by atoms with Crippen molar-refractivity contribution < 1.29 is 17.5 Å². The number of halogens is 2. The van der Waals surface area contributed by atoms with Crippen LogP contribution >= 0.6 is 11.6 Å². The van der Waals surface area contributed by atoms with E-state index in [1.165, 1.54) is 16.4 Å². The Bertz CT molecular complexity index is 855. The molecule has 0 bridgehead atoms. The van der Waals surface area contributed by atoms with Crippen LogP contribution in [0.25, 0.3) is 0 Å². The van der Waals surface area contributed by atoms with Crippen LogP contribution in [0.15, 0.2) is 53.4 Å². The summed E-state index contributed by atoms with van der Waals surface area (Å²) in [5, 5.41) is 0.398. The predicted molar refractivity (Wildman–Crippen MR) is 98.5 cm³/mol. The number of nitrogens with zero attached hydrogens (tertiary/aromatic N) is 2. The summed E-state index contributed by atoms with van der Waals surface area (Å²) in [4.78, 5) is 2.31. The molecule has 0 atom stereocenters. The van der Waals surface area contributed by atoms with Crippen molar-refractivity contribution in [3.8, 4) is 5.75 Å². The van der Waals surface area contributed by atoms with Crippen LogP contribution in [-0.2, 0) is 10.0 Å². The second-order valence-electron chi connectivity index (χ2n) is 5.98. The molecule has 1 aliphatic rings. The van der Waals surface area contributed by atoms with E-state index in [0.29, 0.717) is 44.4 Å². The second kappa shape index (κ2) is 8.35. The molecule has 1 fully saturated rings. The molecule has 2 aromatic carbocycles. The van der Waals surface area contributed by atoms with E-state index in [0.717, 1.165) is 0 Å². The van der Waals surface area contributed by atoms with Crippen LogP contribution in [0.3, 0.4) is 0 Å². The SMILES string of the molecule is O=S(=O)(c1cccc(Cl)c1)N1CCN(CCOc2ccccc2F)CC1. The summed E-state index contributed by atoms with van der Waals surface area (Å²) >= 11 is 5.90. The van der Waals surface area contributed by atoms with Crippen LogP contribution in [0, 0.1) is 5.82 Å². The van der Waals surface area contributed by atoms with Gasteiger partial charge in [0, 0.05) is 37.7 Å². The second-order valence-corrected chi connectivity index (χ2v) is 8.36. The Morgan fingerprint density at radius 3 is 2.46 bits per heavy atom. The molecule has 1 heterocycles. The van der Waals surface area contributed by atoms with Gasteiger partial charge in [-0.25, -0.2) is 12.8 Å². The van der Waals surface area contributed by atoms with Gasteiger partial charge in [0.15, 0.2) is 11.6 Å². The maximum absolute atomic E-state index is 13.5. The quantitative estimate of drug-likeness (QED) is 0.750. The first-order chi connectivity index (χ1) is 12.5. The van der Waals surface area contributed by atoms with Gasteiger partial charge in [-0.15, -0.1) is 0 Å². The van der Waals surface area contributed by atoms with Gasteiger partial charge >= 0.3 is 0 Å². The molecule has 0 aromatic heterocycles. The third-order valence-electron chi connectivity index (χ3n) is 4.27. The summed E-state index contributed by atoms with van der Waals surface area (Å²) in [5.41, 5.74) is 0. The molecular formula is C18H20ClFN2O3S. The Kier molecular flexibility index (Phi) is 6.13. The minimum absolute atomic E-state index is 0.210. The summed E-state index contributed by atoms with van der Waals surface area (Å²) in [7, 11) is -3.54. The first-order valence-electron chi connectivity index (χ1n) is 8.32. The normalized spacial score (nSPS) is 16.5. The molecule has 26 heavy (non-hydrogen) atoms. The van der Waals surface area contributed by atoms with Crippen LogP contribution in [0.2, 0.25) is 5.02 Å². The van der Waals surface area contributed by atoms with E-state index in [4.69, 9.17) is 16.3 Å². The molecule has 5 nitrogen and oxygen atoms in total. The zero-order chi connectivity index (χ0) is 18.6. The van der Waals surface area contributed by atoms with Gasteiger partial charge in [0.25, 0.3) is 0 Å². The van der Waals surface area contributed by atoms with Crippen LogP contribution < -0.4 is 4.74 Å². The van der Waals surface area contributed by atoms with Crippen molar-refractivity contribution in [3.63, 3.8) is 0 Å². The highest BCUT2D eigenvalue weighted by Crippen LogP contribution is 2.21. The molecule has 0 aliphatic carbocycles. The van der Waals surface area contributed by atoms with Crippen molar-refractivity contribution >= 4 is 21.6 Å². The topological polar surface area (TPSA) is 49.9 Å². The molecule has 0 saturated carbocycles. The van der Waals surface area contributed by atoms with E-state index in [1.807, 2.05) is 0 Å². The van der Waals surface area contributed by atoms with Crippen LogP contribution in [-0.4, -0.2) is 57.0 Å². The van der Waals surface area contributed by atoms with Crippen LogP contribution in [0.5, 0.6) is 5.75 Å². The Labute approximate surface area is 158 Å². The zero-order valence-electron chi connectivity index (χ0n) is 14.1. The van der Waals surface area contributed by atoms with Gasteiger partial charge in [-0.05, 0) is 30.3 Å². The van der Waals surface area contributed by atoms with Gasteiger partial charge < -0.3 is 4.74 Å². The summed E-state index contributed by atoms with van der Waals surface area (Å²) in [5.74, 6) is -0.153. The maximum Gasteiger partial charge on any atom is 0.243 e. The molecule has 0 N–H and O–H groups in total. The van der Waals surface area contributed by atoms with Crippen molar-refractivity contribution in [2.45, 2.75) is 4.90 Å². The predicted octanol–water partition coefficient (Wildman–Crippen LogP) is 2.86. The lowest BCUT2D eigenvalue weighted by molar-refractivity contribution is 0.157. The number of hydrogen-bond donors (Lipinski definition) is 0. The van der Waals surface area contributed by atoms with Crippen molar-refractivity contribution in [3.05, 3.63) is 59.4 Å². The number of hydrogen-bond acceptors (Lipinski definition) is 4. The van der Waals surface area contributed by atoms with Crippen molar-refractivity contribution in [2.75, 3.05) is 39.3 Å². The number of para-hydroxylation sites is 1. The fourth-order valence-corrected chi connectivity index (χ4v) is 4.54. The van der Waals surface area contributed by atoms with Gasteiger partial charge in [-0.1, -0.05) is 29.8 Å². The summed E-state index contributed by atoms with van der Waals surface area (Å²) in [6.45, 7) is 2.95. The first kappa shape index (κ1) is 19.1. The fourth-order valence-electron chi connectivity index (χ4n) is 2.82. The molecule has 1 aliphatic heterocycles. The van der Waals surface area contributed by atoms with Crippen LogP contribution in [0.1, 0.15) is 0 Å². The number of sulfonamides is 1. The number of rotatable bonds is 6. The smallest absolute Gasteiger partial charge is 0.243 e. The summed E-state index contributed by atoms with van der Waals surface area (Å²) in [6, 6.07) is 12.6. The van der Waals surface area contributed by atoms with E-state index in [-0.39, 0.29) is 16.5 Å². The van der Waals surface area contributed by atoms with Gasteiger partial charge in [0.2, 0.25) is 10.0 Å². The maximum atomic E-state index is 13.5. The van der Waals surface area contributed by atoms with Crippen LogP contribution in [0.4, 0.5) is 4.39 Å². The van der Waals surface area contributed by atoms with Gasteiger partial charge in [0.1, 0.15) is 6.61 Å². The molecule has 2 aromatic rings. The highest BCUT2D eigenvalue weighted by molar-refractivity contribution is 7.89. The summed E-state index contributed by atoms with van der Waals surface area (Å²) in [6.07, 6.45) is 0. The van der Waals surface area contributed by atoms with Gasteiger partial charge in [-0.2, -0.15) is 4.31 Å². The Hall–Kier alpha value is -1.67. The Morgan fingerprint density at radius 1 is 1.04 bits per heavy atom. The third-order valence-corrected chi connectivity index (χ3v) is 6.40. The number of benzene rings is 2. The van der Waals surface area contributed by atoms with Crippen molar-refractivity contribution in [2.24, 2.45) is 0 Å². The van der Waals surface area contributed by atoms with Crippen molar-refractivity contribution in [1.82, 2.24) is 9.21 Å². The molecule has 140 valence electrons. The standard InChI is InChI=1S/C18H20ClFN2O3S/c19-15-4-3-5-16(14-15)26(23,24)22-10-8-21(9-11-22)12-13-25-18-7-2-1-6-17(18)20/h1-7,14H,8-13H2. The minimum atomic E-state index is -3.54. The highest BCUT2D eigenvalue weighted by atomic mass is 35.5. The molecule has 0 amide bonds. The van der Waals surface area contributed by atoms with E-state index < -0.39 is 10.0 Å². The largest absolute Gasteiger partial charge is 0.489 e. The van der Waals surface area contributed by atoms with Gasteiger partial charge in [0.05, 0.1) is 4.90 Å². The number of ether oxygens (including phenoxy) is 1. The molecule has 0 unspecified atom stereocenters. The zero-order valence-corrected chi connectivity index (χ0v) is 15.7. The lowest BCUT2D eigenvalue weighted by Gasteiger charge is -2.33. The number of piperazine rings is 1. The minimum Gasteiger partial charge on any atom is -0.489 e.